The molecule has 2 aromatic carbocycles. The third-order valence-electron chi connectivity index (χ3n) is 5.18. The Balaban J connectivity index is 2.16. The highest BCUT2D eigenvalue weighted by Gasteiger charge is 2.53. The highest BCUT2D eigenvalue weighted by Crippen LogP contribution is 2.38. The SMILES string of the molecule is CC(C)(C)[Si](O[C@@H]1CCN[C@@H]1C(=O)O)(c1ccccc1)c1ccccc1. The Morgan fingerprint density at radius 2 is 1.54 bits per heavy atom. The van der Waals surface area contributed by atoms with Crippen LogP contribution < -0.4 is 15.7 Å². The third kappa shape index (κ3) is 3.34. The first-order chi connectivity index (χ1) is 12.4. The minimum absolute atomic E-state index is 0.151. The Morgan fingerprint density at radius 3 is 1.96 bits per heavy atom. The summed E-state index contributed by atoms with van der Waals surface area (Å²) in [5, 5.41) is 14.9. The lowest BCUT2D eigenvalue weighted by atomic mass is 10.2. The van der Waals surface area contributed by atoms with Crippen LogP contribution >= 0.6 is 0 Å². The van der Waals surface area contributed by atoms with E-state index in [0.29, 0.717) is 13.0 Å². The lowest BCUT2D eigenvalue weighted by molar-refractivity contribution is -0.141. The lowest BCUT2D eigenvalue weighted by Gasteiger charge is -2.45. The van der Waals surface area contributed by atoms with Crippen molar-refractivity contribution in [2.75, 3.05) is 6.54 Å². The predicted molar refractivity (Wildman–Crippen MR) is 107 cm³/mol. The summed E-state index contributed by atoms with van der Waals surface area (Å²) in [4.78, 5) is 11.7. The number of hydrogen-bond donors (Lipinski definition) is 2. The standard InChI is InChI=1S/C21H27NO3Si/c1-21(2,3)26(16-10-6-4-7-11-16,17-12-8-5-9-13-17)25-18-14-15-22-19(18)20(23)24/h4-13,18-19,22H,14-15H2,1-3H3,(H,23,24)/t18-,19+/m1/s1. The molecular weight excluding hydrogens is 342 g/mol. The van der Waals surface area contributed by atoms with Crippen molar-refractivity contribution >= 4 is 24.7 Å². The van der Waals surface area contributed by atoms with Crippen LogP contribution in [0.25, 0.3) is 0 Å². The maximum absolute atomic E-state index is 11.7. The average Bonchev–Trinajstić information content (AvgIpc) is 3.08. The van der Waals surface area contributed by atoms with Crippen LogP contribution in [0.4, 0.5) is 0 Å². The van der Waals surface area contributed by atoms with E-state index >= 15 is 0 Å². The van der Waals surface area contributed by atoms with Gasteiger partial charge in [-0.05, 0) is 28.4 Å². The molecular formula is C21H27NO3Si. The summed E-state index contributed by atoms with van der Waals surface area (Å²) in [6, 6.07) is 20.0. The zero-order valence-electron chi connectivity index (χ0n) is 15.6. The number of carboxylic acids is 1. The fourth-order valence-corrected chi connectivity index (χ4v) is 8.69. The molecule has 1 heterocycles. The minimum Gasteiger partial charge on any atom is -0.480 e. The van der Waals surface area contributed by atoms with Crippen LogP contribution in [-0.4, -0.2) is 38.1 Å². The molecule has 0 aliphatic carbocycles. The first-order valence-corrected chi connectivity index (χ1v) is 11.0. The molecule has 2 atom stereocenters. The van der Waals surface area contributed by atoms with Gasteiger partial charge in [-0.1, -0.05) is 81.4 Å². The van der Waals surface area contributed by atoms with Gasteiger partial charge in [-0.2, -0.15) is 0 Å². The largest absolute Gasteiger partial charge is 0.480 e. The van der Waals surface area contributed by atoms with Gasteiger partial charge in [0.1, 0.15) is 6.04 Å². The van der Waals surface area contributed by atoms with Crippen LogP contribution in [0.3, 0.4) is 0 Å². The van der Waals surface area contributed by atoms with Crippen molar-refractivity contribution < 1.29 is 14.3 Å². The Bertz CT molecular complexity index is 703. The minimum atomic E-state index is -2.71. The zero-order valence-corrected chi connectivity index (χ0v) is 16.6. The smallest absolute Gasteiger partial charge is 0.323 e. The van der Waals surface area contributed by atoms with Crippen LogP contribution in [0.2, 0.25) is 5.04 Å². The van der Waals surface area contributed by atoms with Gasteiger partial charge in [0.15, 0.2) is 0 Å². The number of hydrogen-bond acceptors (Lipinski definition) is 3. The van der Waals surface area contributed by atoms with E-state index in [1.165, 1.54) is 10.4 Å². The fraction of sp³-hybridized carbons (Fsp3) is 0.381. The molecule has 26 heavy (non-hydrogen) atoms. The predicted octanol–water partition coefficient (Wildman–Crippen LogP) is 2.38. The van der Waals surface area contributed by atoms with Gasteiger partial charge in [0.25, 0.3) is 8.32 Å². The van der Waals surface area contributed by atoms with Crippen molar-refractivity contribution in [3.63, 3.8) is 0 Å². The van der Waals surface area contributed by atoms with E-state index in [-0.39, 0.29) is 11.1 Å². The molecule has 1 aliphatic heterocycles. The molecule has 1 fully saturated rings. The summed E-state index contributed by atoms with van der Waals surface area (Å²) in [5.74, 6) is -0.842. The van der Waals surface area contributed by atoms with E-state index in [9.17, 15) is 9.90 Å². The van der Waals surface area contributed by atoms with Crippen LogP contribution in [0.5, 0.6) is 0 Å². The molecule has 1 saturated heterocycles. The second-order valence-corrected chi connectivity index (χ2v) is 12.1. The maximum Gasteiger partial charge on any atom is 0.323 e. The number of carboxylic acid groups (broad SMARTS) is 1. The van der Waals surface area contributed by atoms with Gasteiger partial charge in [-0.25, -0.2) is 0 Å². The van der Waals surface area contributed by atoms with Crippen molar-refractivity contribution in [3.8, 4) is 0 Å². The molecule has 0 radical (unpaired) electrons. The number of nitrogens with one attached hydrogen (secondary N) is 1. The molecule has 2 aromatic rings. The average molecular weight is 370 g/mol. The second-order valence-electron chi connectivity index (χ2n) is 7.88. The van der Waals surface area contributed by atoms with Crippen molar-refractivity contribution in [3.05, 3.63) is 60.7 Å². The normalized spacial score (nSPS) is 20.9. The van der Waals surface area contributed by atoms with Crippen LogP contribution in [0, 0.1) is 0 Å². The molecule has 1 aliphatic rings. The van der Waals surface area contributed by atoms with Gasteiger partial charge in [0, 0.05) is 0 Å². The van der Waals surface area contributed by atoms with Crippen molar-refractivity contribution in [2.45, 2.75) is 44.4 Å². The molecule has 0 bridgehead atoms. The summed E-state index contributed by atoms with van der Waals surface area (Å²) < 4.78 is 6.91. The van der Waals surface area contributed by atoms with Crippen molar-refractivity contribution in [1.82, 2.24) is 5.32 Å². The summed E-state index contributed by atoms with van der Waals surface area (Å²) in [7, 11) is -2.71. The molecule has 2 N–H and O–H groups in total. The highest BCUT2D eigenvalue weighted by atomic mass is 28.4. The quantitative estimate of drug-likeness (QED) is 0.795. The Morgan fingerprint density at radius 1 is 1.04 bits per heavy atom. The molecule has 5 heteroatoms. The lowest BCUT2D eigenvalue weighted by Crippen LogP contribution is -2.68. The van der Waals surface area contributed by atoms with E-state index in [0.717, 1.165) is 0 Å². The summed E-state index contributed by atoms with van der Waals surface area (Å²) >= 11 is 0. The van der Waals surface area contributed by atoms with Gasteiger partial charge in [-0.3, -0.25) is 4.79 Å². The molecule has 0 unspecified atom stereocenters. The number of benzene rings is 2. The first-order valence-electron chi connectivity index (χ1n) is 9.11. The fourth-order valence-electron chi connectivity index (χ4n) is 3.97. The van der Waals surface area contributed by atoms with Crippen molar-refractivity contribution in [1.29, 1.82) is 0 Å². The van der Waals surface area contributed by atoms with E-state index < -0.39 is 20.3 Å². The molecule has 0 saturated carbocycles. The number of rotatable bonds is 5. The molecule has 138 valence electrons. The molecule has 0 amide bonds. The highest BCUT2D eigenvalue weighted by molar-refractivity contribution is 6.99. The van der Waals surface area contributed by atoms with Gasteiger partial charge < -0.3 is 14.8 Å². The van der Waals surface area contributed by atoms with Gasteiger partial charge in [-0.15, -0.1) is 0 Å². The number of carbonyl (C=O) groups is 1. The van der Waals surface area contributed by atoms with Crippen LogP contribution in [-0.2, 0) is 9.22 Å². The van der Waals surface area contributed by atoms with E-state index in [1.54, 1.807) is 0 Å². The maximum atomic E-state index is 11.7. The molecule has 0 aromatic heterocycles. The van der Waals surface area contributed by atoms with Gasteiger partial charge in [0.05, 0.1) is 6.10 Å². The zero-order chi connectivity index (χ0) is 18.8. The summed E-state index contributed by atoms with van der Waals surface area (Å²) in [5.41, 5.74) is 0. The topological polar surface area (TPSA) is 58.6 Å². The van der Waals surface area contributed by atoms with E-state index in [4.69, 9.17) is 4.43 Å². The first kappa shape index (κ1) is 18.8. The monoisotopic (exact) mass is 369 g/mol. The molecule has 0 spiro atoms. The summed E-state index contributed by atoms with van der Waals surface area (Å²) in [6.07, 6.45) is 0.375. The van der Waals surface area contributed by atoms with Crippen LogP contribution in [0.15, 0.2) is 60.7 Å². The Kier molecular flexibility index (Phi) is 5.32. The Hall–Kier alpha value is -1.95. The van der Waals surface area contributed by atoms with Gasteiger partial charge in [0.2, 0.25) is 0 Å². The summed E-state index contributed by atoms with van der Waals surface area (Å²) in [6.45, 7) is 7.28. The third-order valence-corrected chi connectivity index (χ3v) is 10.2. The number of aliphatic carboxylic acids is 1. The van der Waals surface area contributed by atoms with E-state index in [1.807, 2.05) is 36.4 Å². The van der Waals surface area contributed by atoms with Crippen LogP contribution in [0.1, 0.15) is 27.2 Å². The molecule has 4 nitrogen and oxygen atoms in total. The van der Waals surface area contributed by atoms with E-state index in [2.05, 4.69) is 50.4 Å². The Labute approximate surface area is 156 Å². The van der Waals surface area contributed by atoms with Gasteiger partial charge >= 0.3 is 5.97 Å². The van der Waals surface area contributed by atoms with Crippen molar-refractivity contribution in [2.24, 2.45) is 0 Å². The second kappa shape index (κ2) is 7.35. The molecule has 3 rings (SSSR count).